The van der Waals surface area contributed by atoms with Gasteiger partial charge in [0, 0.05) is 0 Å². The first-order valence-electron chi connectivity index (χ1n) is 6.22. The highest BCUT2D eigenvalue weighted by Crippen LogP contribution is 2.26. The summed E-state index contributed by atoms with van der Waals surface area (Å²) in [5.41, 5.74) is 0.755. The summed E-state index contributed by atoms with van der Waals surface area (Å²) < 4.78 is 9.99. The van der Waals surface area contributed by atoms with Crippen molar-refractivity contribution in [2.45, 2.75) is 6.92 Å². The Bertz CT molecular complexity index is 594. The minimum atomic E-state index is -0.429. The van der Waals surface area contributed by atoms with E-state index >= 15 is 0 Å². The van der Waals surface area contributed by atoms with Gasteiger partial charge in [-0.25, -0.2) is 4.79 Å². The second-order valence-corrected chi connectivity index (χ2v) is 5.03. The number of hydrogen-bond donors (Lipinski definition) is 1. The number of thioether (sulfide) groups is 1. The zero-order chi connectivity index (χ0) is 15.2. The van der Waals surface area contributed by atoms with Crippen LogP contribution in [-0.2, 0) is 14.3 Å². The highest BCUT2D eigenvalue weighted by Gasteiger charge is 2.24. The van der Waals surface area contributed by atoms with Crippen molar-refractivity contribution in [2.24, 2.45) is 0 Å². The Morgan fingerprint density at radius 1 is 1.29 bits per heavy atom. The van der Waals surface area contributed by atoms with Crippen LogP contribution in [0.4, 0.5) is 4.79 Å². The first-order chi connectivity index (χ1) is 10.1. The fourth-order valence-electron chi connectivity index (χ4n) is 1.58. The molecule has 1 saturated heterocycles. The lowest BCUT2D eigenvalue weighted by Gasteiger charge is -2.05. The number of nitrogens with one attached hydrogen (secondary N) is 1. The van der Waals surface area contributed by atoms with E-state index in [0.29, 0.717) is 17.3 Å². The van der Waals surface area contributed by atoms with Crippen molar-refractivity contribution in [1.29, 1.82) is 0 Å². The van der Waals surface area contributed by atoms with Gasteiger partial charge in [0.15, 0.2) is 6.61 Å². The molecule has 1 aromatic rings. The molecule has 6 nitrogen and oxygen atoms in total. The van der Waals surface area contributed by atoms with Crippen LogP contribution in [0.1, 0.15) is 12.5 Å². The summed E-state index contributed by atoms with van der Waals surface area (Å²) in [5.74, 6) is -0.307. The number of ether oxygens (including phenoxy) is 2. The molecule has 0 bridgehead atoms. The summed E-state index contributed by atoms with van der Waals surface area (Å²) in [6.07, 6.45) is 1.61. The third kappa shape index (κ3) is 4.35. The molecule has 0 radical (unpaired) electrons. The van der Waals surface area contributed by atoms with Gasteiger partial charge < -0.3 is 9.47 Å². The molecule has 1 aromatic carbocycles. The van der Waals surface area contributed by atoms with E-state index in [1.54, 1.807) is 37.3 Å². The molecule has 1 fully saturated rings. The van der Waals surface area contributed by atoms with Gasteiger partial charge in [-0.05, 0) is 42.5 Å². The topological polar surface area (TPSA) is 81.7 Å². The second kappa shape index (κ2) is 6.94. The van der Waals surface area contributed by atoms with Gasteiger partial charge in [-0.3, -0.25) is 14.9 Å². The van der Waals surface area contributed by atoms with Crippen molar-refractivity contribution < 1.29 is 23.9 Å². The van der Waals surface area contributed by atoms with Gasteiger partial charge in [-0.15, -0.1) is 0 Å². The molecule has 1 aliphatic heterocycles. The number of carbonyl (C=O) groups is 3. The Morgan fingerprint density at radius 3 is 2.57 bits per heavy atom. The first kappa shape index (κ1) is 15.1. The standard InChI is InChI=1S/C14H13NO5S/c1-2-19-12(16)8-20-10-5-3-9(4-6-10)7-11-13(17)15-14(18)21-11/h3-7H,2,8H2,1H3,(H,15,17,18)/b11-7+. The van der Waals surface area contributed by atoms with Gasteiger partial charge >= 0.3 is 5.97 Å². The minimum Gasteiger partial charge on any atom is -0.482 e. The van der Waals surface area contributed by atoms with Crippen molar-refractivity contribution in [3.63, 3.8) is 0 Å². The van der Waals surface area contributed by atoms with E-state index in [0.717, 1.165) is 17.3 Å². The molecular weight excluding hydrogens is 294 g/mol. The van der Waals surface area contributed by atoms with Crippen LogP contribution >= 0.6 is 11.8 Å². The normalized spacial score (nSPS) is 16.0. The van der Waals surface area contributed by atoms with Gasteiger partial charge in [0.25, 0.3) is 11.1 Å². The van der Waals surface area contributed by atoms with Gasteiger partial charge in [0.05, 0.1) is 11.5 Å². The van der Waals surface area contributed by atoms with E-state index in [4.69, 9.17) is 9.47 Å². The van der Waals surface area contributed by atoms with Gasteiger partial charge in [0.1, 0.15) is 5.75 Å². The highest BCUT2D eigenvalue weighted by atomic mass is 32.2. The van der Waals surface area contributed by atoms with Crippen LogP contribution in [0.2, 0.25) is 0 Å². The molecule has 1 N–H and O–H groups in total. The average molecular weight is 307 g/mol. The van der Waals surface area contributed by atoms with Gasteiger partial charge in [-0.1, -0.05) is 12.1 Å². The molecule has 0 unspecified atom stereocenters. The third-order valence-electron chi connectivity index (χ3n) is 2.48. The van der Waals surface area contributed by atoms with Crippen molar-refractivity contribution >= 4 is 35.0 Å². The second-order valence-electron chi connectivity index (χ2n) is 4.01. The molecule has 0 atom stereocenters. The van der Waals surface area contributed by atoms with Gasteiger partial charge in [0.2, 0.25) is 0 Å². The lowest BCUT2D eigenvalue weighted by atomic mass is 10.2. The SMILES string of the molecule is CCOC(=O)COc1ccc(/C=C2/SC(=O)NC2=O)cc1. The Labute approximate surface area is 125 Å². The predicted molar refractivity (Wildman–Crippen MR) is 77.7 cm³/mol. The first-order valence-corrected chi connectivity index (χ1v) is 7.03. The van der Waals surface area contributed by atoms with E-state index in [2.05, 4.69) is 5.32 Å². The summed E-state index contributed by atoms with van der Waals surface area (Å²) in [7, 11) is 0. The summed E-state index contributed by atoms with van der Waals surface area (Å²) in [6.45, 7) is 1.89. The predicted octanol–water partition coefficient (Wildman–Crippen LogP) is 1.95. The van der Waals surface area contributed by atoms with E-state index in [1.807, 2.05) is 0 Å². The van der Waals surface area contributed by atoms with Gasteiger partial charge in [-0.2, -0.15) is 0 Å². The van der Waals surface area contributed by atoms with Crippen LogP contribution in [0.25, 0.3) is 6.08 Å². The van der Waals surface area contributed by atoms with E-state index in [1.165, 1.54) is 0 Å². The minimum absolute atomic E-state index is 0.152. The van der Waals surface area contributed by atoms with Crippen molar-refractivity contribution in [2.75, 3.05) is 13.2 Å². The number of carbonyl (C=O) groups excluding carboxylic acids is 3. The monoisotopic (exact) mass is 307 g/mol. The zero-order valence-electron chi connectivity index (χ0n) is 11.3. The fourth-order valence-corrected chi connectivity index (χ4v) is 2.26. The largest absolute Gasteiger partial charge is 0.482 e. The molecule has 0 saturated carbocycles. The molecule has 1 heterocycles. The lowest BCUT2D eigenvalue weighted by molar-refractivity contribution is -0.145. The van der Waals surface area contributed by atoms with E-state index in [9.17, 15) is 14.4 Å². The van der Waals surface area contributed by atoms with Crippen LogP contribution in [0.3, 0.4) is 0 Å². The number of esters is 1. The number of hydrogen-bond acceptors (Lipinski definition) is 6. The number of amides is 2. The summed E-state index contributed by atoms with van der Waals surface area (Å²) in [6, 6.07) is 6.80. The molecule has 21 heavy (non-hydrogen) atoms. The van der Waals surface area contributed by atoms with Crippen LogP contribution in [0.15, 0.2) is 29.2 Å². The zero-order valence-corrected chi connectivity index (χ0v) is 12.1. The van der Waals surface area contributed by atoms with Crippen molar-refractivity contribution in [3.8, 4) is 5.75 Å². The van der Waals surface area contributed by atoms with Crippen LogP contribution in [0.5, 0.6) is 5.75 Å². The maximum atomic E-state index is 11.4. The quantitative estimate of drug-likeness (QED) is 0.661. The molecule has 0 spiro atoms. The maximum absolute atomic E-state index is 11.4. The molecule has 2 amide bonds. The van der Waals surface area contributed by atoms with Crippen LogP contribution in [-0.4, -0.2) is 30.3 Å². The Balaban J connectivity index is 1.96. The molecule has 0 aliphatic carbocycles. The van der Waals surface area contributed by atoms with Crippen LogP contribution in [0, 0.1) is 0 Å². The smallest absolute Gasteiger partial charge is 0.344 e. The number of rotatable bonds is 5. The maximum Gasteiger partial charge on any atom is 0.344 e. The molecule has 1 aliphatic rings. The number of benzene rings is 1. The summed E-state index contributed by atoms with van der Waals surface area (Å²) >= 11 is 0.861. The summed E-state index contributed by atoms with van der Waals surface area (Å²) in [4.78, 5) is 33.9. The fraction of sp³-hybridized carbons (Fsp3) is 0.214. The molecular formula is C14H13NO5S. The average Bonchev–Trinajstić information content (AvgIpc) is 2.76. The van der Waals surface area contributed by atoms with Crippen molar-refractivity contribution in [3.05, 3.63) is 34.7 Å². The van der Waals surface area contributed by atoms with Crippen molar-refractivity contribution in [1.82, 2.24) is 5.32 Å². The molecule has 7 heteroatoms. The van der Waals surface area contributed by atoms with Crippen LogP contribution < -0.4 is 10.1 Å². The highest BCUT2D eigenvalue weighted by molar-refractivity contribution is 8.18. The molecule has 110 valence electrons. The lowest BCUT2D eigenvalue weighted by Crippen LogP contribution is -2.17. The molecule has 0 aromatic heterocycles. The van der Waals surface area contributed by atoms with E-state index in [-0.39, 0.29) is 11.8 Å². The Kier molecular flexibility index (Phi) is 4.99. The Hall–Kier alpha value is -2.28. The Morgan fingerprint density at radius 2 is 2.00 bits per heavy atom. The summed E-state index contributed by atoms with van der Waals surface area (Å²) in [5, 5.41) is 1.81. The number of imide groups is 1. The molecule has 2 rings (SSSR count). The van der Waals surface area contributed by atoms with E-state index < -0.39 is 11.9 Å². The third-order valence-corrected chi connectivity index (χ3v) is 3.29.